The van der Waals surface area contributed by atoms with Crippen LogP contribution in [0, 0.1) is 0 Å². The van der Waals surface area contributed by atoms with Crippen LogP contribution in [0.15, 0.2) is 54.6 Å². The molecule has 1 saturated heterocycles. The molecular weight excluding hydrogens is 414 g/mol. The Morgan fingerprint density at radius 1 is 1.10 bits per heavy atom. The zero-order valence-electron chi connectivity index (χ0n) is 18.0. The first-order valence-corrected chi connectivity index (χ1v) is 12.4. The summed E-state index contributed by atoms with van der Waals surface area (Å²) in [5.41, 5.74) is 2.33. The van der Waals surface area contributed by atoms with Gasteiger partial charge in [0.05, 0.1) is 17.1 Å². The average molecular weight is 444 g/mol. The lowest BCUT2D eigenvalue weighted by Crippen LogP contribution is -2.48. The van der Waals surface area contributed by atoms with Crippen molar-refractivity contribution in [3.8, 4) is 0 Å². The first-order valence-electron chi connectivity index (χ1n) is 10.6. The highest BCUT2D eigenvalue weighted by atomic mass is 32.2. The maximum atomic E-state index is 12.9. The second-order valence-corrected chi connectivity index (χ2v) is 10.2. The summed E-state index contributed by atoms with van der Waals surface area (Å²) in [7, 11) is -3.13. The van der Waals surface area contributed by atoms with Gasteiger partial charge in [-0.2, -0.15) is 0 Å². The fourth-order valence-corrected chi connectivity index (χ4v) is 5.68. The van der Waals surface area contributed by atoms with E-state index in [0.717, 1.165) is 11.1 Å². The van der Waals surface area contributed by atoms with E-state index in [0.29, 0.717) is 24.8 Å². The Labute approximate surface area is 184 Å². The molecule has 6 nitrogen and oxygen atoms in total. The van der Waals surface area contributed by atoms with Gasteiger partial charge in [-0.1, -0.05) is 55.5 Å². The third kappa shape index (κ3) is 5.94. The van der Waals surface area contributed by atoms with Gasteiger partial charge >= 0.3 is 5.97 Å². The van der Waals surface area contributed by atoms with Crippen molar-refractivity contribution < 1.29 is 22.7 Å². The van der Waals surface area contributed by atoms with Crippen LogP contribution < -0.4 is 0 Å². The van der Waals surface area contributed by atoms with Crippen molar-refractivity contribution in [1.82, 2.24) is 4.90 Å². The summed E-state index contributed by atoms with van der Waals surface area (Å²) in [6, 6.07) is 16.5. The quantitative estimate of drug-likeness (QED) is 0.585. The van der Waals surface area contributed by atoms with Crippen LogP contribution in [-0.2, 0) is 25.8 Å². The summed E-state index contributed by atoms with van der Waals surface area (Å²) in [5, 5.41) is 0. The highest BCUT2D eigenvalue weighted by Crippen LogP contribution is 2.22. The molecule has 0 radical (unpaired) electrons. The molecule has 0 aromatic heterocycles. The van der Waals surface area contributed by atoms with Crippen LogP contribution in [0.4, 0.5) is 0 Å². The van der Waals surface area contributed by atoms with Crippen LogP contribution in [0.5, 0.6) is 0 Å². The lowest BCUT2D eigenvalue weighted by atomic mass is 10.00. The fraction of sp³-hybridized carbons (Fsp3) is 0.417. The average Bonchev–Trinajstić information content (AvgIpc) is 3.12. The highest BCUT2D eigenvalue weighted by molar-refractivity contribution is 7.91. The topological polar surface area (TPSA) is 80.8 Å². The number of carbonyl (C=O) groups is 2. The number of hydrogen-bond donors (Lipinski definition) is 0. The standard InChI is InChI=1S/C24H29NO5S/c1-3-18(2)25(21-13-14-31(28,29)17-21)23(26)16-30-24(27)22-12-8-7-11-20(22)15-19-9-5-4-6-10-19/h4-12,18,21H,3,13-17H2,1-2H3. The maximum Gasteiger partial charge on any atom is 0.338 e. The molecule has 166 valence electrons. The van der Waals surface area contributed by atoms with Gasteiger partial charge in [0.1, 0.15) is 0 Å². The third-order valence-electron chi connectivity index (χ3n) is 5.76. The number of amides is 1. The van der Waals surface area contributed by atoms with Crippen LogP contribution in [0.1, 0.15) is 48.2 Å². The second-order valence-electron chi connectivity index (χ2n) is 8.01. The molecule has 1 amide bonds. The summed E-state index contributed by atoms with van der Waals surface area (Å²) < 4.78 is 29.2. The van der Waals surface area contributed by atoms with Crippen molar-refractivity contribution in [2.45, 2.75) is 45.2 Å². The normalized spacial score (nSPS) is 18.3. The first kappa shape index (κ1) is 23.0. The van der Waals surface area contributed by atoms with Gasteiger partial charge in [0, 0.05) is 12.1 Å². The molecule has 2 aromatic rings. The lowest BCUT2D eigenvalue weighted by Gasteiger charge is -2.33. The summed E-state index contributed by atoms with van der Waals surface area (Å²) in [6.45, 7) is 3.43. The molecule has 0 spiro atoms. The number of benzene rings is 2. The third-order valence-corrected chi connectivity index (χ3v) is 7.51. The van der Waals surface area contributed by atoms with E-state index in [2.05, 4.69) is 0 Å². The zero-order chi connectivity index (χ0) is 22.4. The van der Waals surface area contributed by atoms with Gasteiger partial charge in [-0.15, -0.1) is 0 Å². The monoisotopic (exact) mass is 443 g/mol. The molecule has 1 aliphatic heterocycles. The number of carbonyl (C=O) groups excluding carboxylic acids is 2. The van der Waals surface area contributed by atoms with Crippen molar-refractivity contribution in [3.05, 3.63) is 71.3 Å². The molecule has 1 heterocycles. The number of esters is 1. The molecule has 0 aliphatic carbocycles. The van der Waals surface area contributed by atoms with Crippen molar-refractivity contribution in [1.29, 1.82) is 0 Å². The Kier molecular flexibility index (Phi) is 7.49. The molecule has 0 N–H and O–H groups in total. The Morgan fingerprint density at radius 3 is 2.42 bits per heavy atom. The Bertz CT molecular complexity index is 1020. The van der Waals surface area contributed by atoms with Crippen molar-refractivity contribution in [2.75, 3.05) is 18.1 Å². The van der Waals surface area contributed by atoms with Crippen LogP contribution >= 0.6 is 0 Å². The van der Waals surface area contributed by atoms with Crippen molar-refractivity contribution >= 4 is 21.7 Å². The molecule has 2 aromatic carbocycles. The highest BCUT2D eigenvalue weighted by Gasteiger charge is 2.36. The van der Waals surface area contributed by atoms with Gasteiger partial charge in [0.2, 0.25) is 0 Å². The largest absolute Gasteiger partial charge is 0.452 e. The minimum atomic E-state index is -3.13. The van der Waals surface area contributed by atoms with E-state index in [1.807, 2.05) is 56.3 Å². The number of ether oxygens (including phenoxy) is 1. The second kappa shape index (κ2) is 10.1. The predicted molar refractivity (Wildman–Crippen MR) is 120 cm³/mol. The fourth-order valence-electron chi connectivity index (χ4n) is 3.97. The molecule has 2 atom stereocenters. The molecule has 2 unspecified atom stereocenters. The van der Waals surface area contributed by atoms with Crippen LogP contribution in [0.3, 0.4) is 0 Å². The predicted octanol–water partition coefficient (Wildman–Crippen LogP) is 3.25. The van der Waals surface area contributed by atoms with Crippen molar-refractivity contribution in [2.24, 2.45) is 0 Å². The van der Waals surface area contributed by atoms with E-state index in [9.17, 15) is 18.0 Å². The number of nitrogens with zero attached hydrogens (tertiary/aromatic N) is 1. The van der Waals surface area contributed by atoms with Gasteiger partial charge in [0.25, 0.3) is 5.91 Å². The molecule has 3 rings (SSSR count). The molecular formula is C24H29NO5S. The van der Waals surface area contributed by atoms with E-state index < -0.39 is 22.4 Å². The number of sulfone groups is 1. The minimum absolute atomic E-state index is 0.0308. The lowest BCUT2D eigenvalue weighted by molar-refractivity contribution is -0.138. The Morgan fingerprint density at radius 2 is 1.77 bits per heavy atom. The smallest absolute Gasteiger partial charge is 0.338 e. The molecule has 1 aliphatic rings. The summed E-state index contributed by atoms with van der Waals surface area (Å²) in [5.74, 6) is -0.852. The summed E-state index contributed by atoms with van der Waals surface area (Å²) >= 11 is 0. The molecule has 0 saturated carbocycles. The molecule has 0 bridgehead atoms. The Balaban J connectivity index is 1.69. The molecule has 31 heavy (non-hydrogen) atoms. The number of rotatable bonds is 8. The van der Waals surface area contributed by atoms with Gasteiger partial charge in [0.15, 0.2) is 16.4 Å². The van der Waals surface area contributed by atoms with E-state index in [1.54, 1.807) is 17.0 Å². The van der Waals surface area contributed by atoms with Gasteiger partial charge in [-0.25, -0.2) is 13.2 Å². The summed E-state index contributed by atoms with van der Waals surface area (Å²) in [6.07, 6.45) is 1.70. The van der Waals surface area contributed by atoms with Crippen LogP contribution in [0.25, 0.3) is 0 Å². The van der Waals surface area contributed by atoms with Gasteiger partial charge < -0.3 is 9.64 Å². The van der Waals surface area contributed by atoms with E-state index in [1.165, 1.54) is 0 Å². The van der Waals surface area contributed by atoms with Crippen molar-refractivity contribution in [3.63, 3.8) is 0 Å². The van der Waals surface area contributed by atoms with Crippen LogP contribution in [0.2, 0.25) is 0 Å². The first-order chi connectivity index (χ1) is 14.8. The van der Waals surface area contributed by atoms with E-state index in [4.69, 9.17) is 4.74 Å². The molecule has 7 heteroatoms. The Hall–Kier alpha value is -2.67. The number of hydrogen-bond acceptors (Lipinski definition) is 5. The van der Waals surface area contributed by atoms with Gasteiger partial charge in [-0.05, 0) is 43.4 Å². The van der Waals surface area contributed by atoms with E-state index in [-0.39, 0.29) is 29.5 Å². The van der Waals surface area contributed by atoms with Crippen LogP contribution in [-0.4, -0.2) is 55.4 Å². The minimum Gasteiger partial charge on any atom is -0.452 e. The van der Waals surface area contributed by atoms with E-state index >= 15 is 0 Å². The zero-order valence-corrected chi connectivity index (χ0v) is 18.8. The molecule has 1 fully saturated rings. The SMILES string of the molecule is CCC(C)N(C(=O)COC(=O)c1ccccc1Cc1ccccc1)C1CCS(=O)(=O)C1. The maximum absolute atomic E-state index is 12.9. The van der Waals surface area contributed by atoms with Gasteiger partial charge in [-0.3, -0.25) is 4.79 Å². The summed E-state index contributed by atoms with van der Waals surface area (Å²) in [4.78, 5) is 27.3.